The van der Waals surface area contributed by atoms with Gasteiger partial charge in [-0.2, -0.15) is 0 Å². The quantitative estimate of drug-likeness (QED) is 0.766. The van der Waals surface area contributed by atoms with Crippen molar-refractivity contribution in [3.8, 4) is 5.75 Å². The monoisotopic (exact) mass is 246 g/mol. The fourth-order valence-corrected chi connectivity index (χ4v) is 1.49. The molecule has 0 spiro atoms. The summed E-state index contributed by atoms with van der Waals surface area (Å²) < 4.78 is 23.2. The maximum absolute atomic E-state index is 13.6. The lowest BCUT2D eigenvalue weighted by atomic mass is 10.1. The molecule has 16 heavy (non-hydrogen) atoms. The smallest absolute Gasteiger partial charge is 0.310 e. The molecule has 0 radical (unpaired) electrons. The van der Waals surface area contributed by atoms with Gasteiger partial charge in [0.25, 0.3) is 0 Å². The summed E-state index contributed by atoms with van der Waals surface area (Å²) in [6.45, 7) is 1.96. The highest BCUT2D eigenvalue weighted by atomic mass is 35.5. The van der Waals surface area contributed by atoms with Crippen molar-refractivity contribution in [1.82, 2.24) is 0 Å². The molecular formula is C11H12ClFO3. The van der Waals surface area contributed by atoms with E-state index in [2.05, 4.69) is 0 Å². The van der Waals surface area contributed by atoms with Gasteiger partial charge in [0.15, 0.2) is 0 Å². The van der Waals surface area contributed by atoms with Crippen LogP contribution in [0.4, 0.5) is 4.39 Å². The number of esters is 1. The highest BCUT2D eigenvalue weighted by molar-refractivity contribution is 6.32. The van der Waals surface area contributed by atoms with Gasteiger partial charge in [0.2, 0.25) is 0 Å². The lowest BCUT2D eigenvalue weighted by Crippen LogP contribution is -2.09. The van der Waals surface area contributed by atoms with E-state index in [0.717, 1.165) is 0 Å². The van der Waals surface area contributed by atoms with Crippen molar-refractivity contribution in [2.45, 2.75) is 13.3 Å². The molecule has 0 atom stereocenters. The largest absolute Gasteiger partial charge is 0.495 e. The Bertz CT molecular complexity index is 393. The van der Waals surface area contributed by atoms with Crippen LogP contribution in [0.5, 0.6) is 5.75 Å². The van der Waals surface area contributed by atoms with Crippen molar-refractivity contribution < 1.29 is 18.7 Å². The fraction of sp³-hybridized carbons (Fsp3) is 0.364. The minimum atomic E-state index is -0.644. The summed E-state index contributed by atoms with van der Waals surface area (Å²) in [5, 5.41) is -0.121. The van der Waals surface area contributed by atoms with Gasteiger partial charge in [0.1, 0.15) is 16.6 Å². The Morgan fingerprint density at radius 3 is 2.75 bits per heavy atom. The maximum Gasteiger partial charge on any atom is 0.310 e. The second-order valence-electron chi connectivity index (χ2n) is 3.04. The highest BCUT2D eigenvalue weighted by Crippen LogP contribution is 2.29. The lowest BCUT2D eigenvalue weighted by molar-refractivity contribution is -0.142. The number of halogens is 2. The second kappa shape index (κ2) is 5.70. The fourth-order valence-electron chi connectivity index (χ4n) is 1.23. The van der Waals surface area contributed by atoms with Gasteiger partial charge in [0, 0.05) is 5.56 Å². The summed E-state index contributed by atoms with van der Waals surface area (Å²) in [7, 11) is 1.39. The first-order valence-electron chi connectivity index (χ1n) is 4.76. The Morgan fingerprint density at radius 2 is 2.19 bits per heavy atom. The third-order valence-corrected chi connectivity index (χ3v) is 2.34. The summed E-state index contributed by atoms with van der Waals surface area (Å²) in [4.78, 5) is 11.2. The number of methoxy groups -OCH3 is 1. The molecule has 0 unspecified atom stereocenters. The van der Waals surface area contributed by atoms with Gasteiger partial charge in [-0.15, -0.1) is 0 Å². The molecular weight excluding hydrogens is 235 g/mol. The average Bonchev–Trinajstić information content (AvgIpc) is 2.25. The molecule has 0 aliphatic rings. The Labute approximate surface area is 98.1 Å². The van der Waals surface area contributed by atoms with Crippen LogP contribution in [0.2, 0.25) is 5.02 Å². The van der Waals surface area contributed by atoms with Crippen LogP contribution in [0.1, 0.15) is 12.5 Å². The van der Waals surface area contributed by atoms with E-state index in [-0.39, 0.29) is 29.4 Å². The minimum Gasteiger partial charge on any atom is -0.495 e. The predicted octanol–water partition coefficient (Wildman–Crippen LogP) is 2.59. The summed E-state index contributed by atoms with van der Waals surface area (Å²) >= 11 is 5.71. The molecule has 0 aliphatic heterocycles. The molecule has 0 aliphatic carbocycles. The topological polar surface area (TPSA) is 35.5 Å². The van der Waals surface area contributed by atoms with Crippen LogP contribution >= 0.6 is 11.6 Å². The molecule has 88 valence electrons. The third-order valence-electron chi connectivity index (χ3n) is 1.99. The zero-order valence-corrected chi connectivity index (χ0v) is 9.81. The first-order valence-corrected chi connectivity index (χ1v) is 5.14. The van der Waals surface area contributed by atoms with E-state index in [0.29, 0.717) is 0 Å². The predicted molar refractivity (Wildman–Crippen MR) is 58.3 cm³/mol. The molecule has 3 nitrogen and oxygen atoms in total. The summed E-state index contributed by atoms with van der Waals surface area (Å²) in [5.41, 5.74) is 0.198. The van der Waals surface area contributed by atoms with Crippen molar-refractivity contribution in [3.63, 3.8) is 0 Å². The second-order valence-corrected chi connectivity index (χ2v) is 3.41. The van der Waals surface area contributed by atoms with Crippen LogP contribution in [-0.4, -0.2) is 19.7 Å². The van der Waals surface area contributed by atoms with Gasteiger partial charge < -0.3 is 9.47 Å². The van der Waals surface area contributed by atoms with Crippen molar-refractivity contribution >= 4 is 17.6 Å². The molecule has 0 saturated heterocycles. The Morgan fingerprint density at radius 1 is 1.50 bits per heavy atom. The van der Waals surface area contributed by atoms with E-state index in [1.807, 2.05) is 0 Å². The third kappa shape index (κ3) is 2.85. The molecule has 0 N–H and O–H groups in total. The zero-order valence-electron chi connectivity index (χ0n) is 9.05. The van der Waals surface area contributed by atoms with E-state index in [9.17, 15) is 9.18 Å². The number of carbonyl (C=O) groups excluding carboxylic acids is 1. The molecule has 0 amide bonds. The van der Waals surface area contributed by atoms with E-state index in [1.165, 1.54) is 19.2 Å². The minimum absolute atomic E-state index is 0.121. The van der Waals surface area contributed by atoms with Crippen molar-refractivity contribution in [2.24, 2.45) is 0 Å². The summed E-state index contributed by atoms with van der Waals surface area (Å²) in [6.07, 6.45) is -0.136. The number of rotatable bonds is 4. The van der Waals surface area contributed by atoms with Gasteiger partial charge in [0.05, 0.1) is 20.1 Å². The number of hydrogen-bond acceptors (Lipinski definition) is 3. The van der Waals surface area contributed by atoms with Crippen LogP contribution in [0.25, 0.3) is 0 Å². The van der Waals surface area contributed by atoms with Crippen LogP contribution in [0.3, 0.4) is 0 Å². The summed E-state index contributed by atoms with van der Waals surface area (Å²) in [6, 6.07) is 2.97. The molecule has 0 fully saturated rings. The van der Waals surface area contributed by atoms with E-state index < -0.39 is 11.8 Å². The Hall–Kier alpha value is -1.29. The molecule has 0 saturated carbocycles. The van der Waals surface area contributed by atoms with Gasteiger partial charge in [-0.25, -0.2) is 4.39 Å². The molecule has 0 bridgehead atoms. The van der Waals surface area contributed by atoms with Gasteiger partial charge in [-0.3, -0.25) is 4.79 Å². The van der Waals surface area contributed by atoms with E-state index >= 15 is 0 Å². The SMILES string of the molecule is CCOC(=O)Cc1ccc(OC)c(Cl)c1F. The molecule has 1 aromatic rings. The molecule has 1 aromatic carbocycles. The van der Waals surface area contributed by atoms with E-state index in [1.54, 1.807) is 6.92 Å². The first kappa shape index (κ1) is 12.8. The zero-order chi connectivity index (χ0) is 12.1. The summed E-state index contributed by atoms with van der Waals surface area (Å²) in [5.74, 6) is -0.886. The van der Waals surface area contributed by atoms with Crippen LogP contribution < -0.4 is 4.74 Å². The molecule has 1 rings (SSSR count). The highest BCUT2D eigenvalue weighted by Gasteiger charge is 2.15. The maximum atomic E-state index is 13.6. The average molecular weight is 247 g/mol. The molecule has 0 aromatic heterocycles. The van der Waals surface area contributed by atoms with Crippen molar-refractivity contribution in [1.29, 1.82) is 0 Å². The lowest BCUT2D eigenvalue weighted by Gasteiger charge is -2.08. The standard InChI is InChI=1S/C11H12ClFO3/c1-3-16-9(14)6-7-4-5-8(15-2)10(12)11(7)13/h4-5H,3,6H2,1-2H3. The normalized spacial score (nSPS) is 10.0. The number of carbonyl (C=O) groups is 1. The Kier molecular flexibility index (Phi) is 4.55. The van der Waals surface area contributed by atoms with Gasteiger partial charge in [-0.1, -0.05) is 17.7 Å². The number of ether oxygens (including phenoxy) is 2. The van der Waals surface area contributed by atoms with Crippen molar-refractivity contribution in [3.05, 3.63) is 28.5 Å². The molecule has 0 heterocycles. The van der Waals surface area contributed by atoms with E-state index in [4.69, 9.17) is 21.1 Å². The van der Waals surface area contributed by atoms with Crippen molar-refractivity contribution in [2.75, 3.05) is 13.7 Å². The number of benzene rings is 1. The first-order chi connectivity index (χ1) is 7.60. The van der Waals surface area contributed by atoms with Crippen LogP contribution in [0, 0.1) is 5.82 Å². The number of hydrogen-bond donors (Lipinski definition) is 0. The van der Waals surface area contributed by atoms with Crippen LogP contribution in [0.15, 0.2) is 12.1 Å². The van der Waals surface area contributed by atoms with Gasteiger partial charge >= 0.3 is 5.97 Å². The van der Waals surface area contributed by atoms with Gasteiger partial charge in [-0.05, 0) is 13.0 Å². The molecule has 5 heteroatoms. The Balaban J connectivity index is 2.90. The van der Waals surface area contributed by atoms with Crippen LogP contribution in [-0.2, 0) is 16.0 Å².